The summed E-state index contributed by atoms with van der Waals surface area (Å²) in [6, 6.07) is 19.4. The summed E-state index contributed by atoms with van der Waals surface area (Å²) in [5.74, 6) is -0.288. The number of phenolic OH excluding ortho intramolecular Hbond substituents is 1. The summed E-state index contributed by atoms with van der Waals surface area (Å²) in [6.45, 7) is 4.86. The van der Waals surface area contributed by atoms with Gasteiger partial charge >= 0.3 is 0 Å². The molecular formula is C47H60N2O7. The Morgan fingerprint density at radius 3 is 2.54 bits per heavy atom. The van der Waals surface area contributed by atoms with Gasteiger partial charge in [0.2, 0.25) is 11.7 Å². The molecule has 9 heteroatoms. The second kappa shape index (κ2) is 18.4. The van der Waals surface area contributed by atoms with Crippen LogP contribution in [0, 0.1) is 23.7 Å². The second-order valence-electron chi connectivity index (χ2n) is 16.3. The second-order valence-corrected chi connectivity index (χ2v) is 16.3. The molecule has 2 fully saturated rings. The molecule has 3 N–H and O–H groups in total. The third-order valence-electron chi connectivity index (χ3n) is 13.0. The molecule has 300 valence electrons. The Morgan fingerprint density at radius 1 is 1.00 bits per heavy atom. The number of allylic oxidation sites excluding steroid dienone is 1. The van der Waals surface area contributed by atoms with E-state index in [1.54, 1.807) is 19.3 Å². The van der Waals surface area contributed by atoms with E-state index >= 15 is 4.79 Å². The number of carbonyl (C=O) groups excluding carboxylic acids is 1. The average molecular weight is 765 g/mol. The molecule has 0 aromatic heterocycles. The first-order chi connectivity index (χ1) is 27.4. The van der Waals surface area contributed by atoms with Gasteiger partial charge in [-0.25, -0.2) is 0 Å². The number of unbranched alkanes of at least 4 members (excludes halogenated alkanes) is 2. The number of oxime groups is 1. The Hall–Kier alpha value is -4.18. The molecule has 0 unspecified atom stereocenters. The fourth-order valence-corrected chi connectivity index (χ4v) is 10.5. The van der Waals surface area contributed by atoms with E-state index in [0.717, 1.165) is 65.3 Å². The molecular weight excluding hydrogens is 705 g/mol. The molecule has 3 aromatic rings. The lowest BCUT2D eigenvalue weighted by molar-refractivity contribution is -0.258. The topological polar surface area (TPSA) is 121 Å². The highest BCUT2D eigenvalue weighted by atomic mass is 16.7. The van der Waals surface area contributed by atoms with Crippen LogP contribution in [0.4, 0.5) is 0 Å². The highest BCUT2D eigenvalue weighted by molar-refractivity contribution is 6.03. The molecule has 2 saturated carbocycles. The minimum atomic E-state index is -1.33. The zero-order valence-corrected chi connectivity index (χ0v) is 33.0. The van der Waals surface area contributed by atoms with Crippen molar-refractivity contribution < 1.29 is 34.4 Å². The summed E-state index contributed by atoms with van der Waals surface area (Å²) in [4.78, 5) is 22.7. The first-order valence-corrected chi connectivity index (χ1v) is 21.0. The fourth-order valence-electron chi connectivity index (χ4n) is 10.5. The number of hydrogen-bond donors (Lipinski definition) is 3. The van der Waals surface area contributed by atoms with Crippen LogP contribution in [0.15, 0.2) is 90.1 Å². The van der Waals surface area contributed by atoms with Crippen molar-refractivity contribution >= 4 is 22.4 Å². The van der Waals surface area contributed by atoms with E-state index in [9.17, 15) is 15.3 Å². The normalized spacial score (nSPS) is 26.3. The van der Waals surface area contributed by atoms with Crippen LogP contribution in [-0.4, -0.2) is 70.6 Å². The fraction of sp³-hybridized carbons (Fsp3) is 0.532. The highest BCUT2D eigenvalue weighted by Crippen LogP contribution is 2.62. The van der Waals surface area contributed by atoms with Crippen LogP contribution in [-0.2, 0) is 20.9 Å². The van der Waals surface area contributed by atoms with Crippen molar-refractivity contribution in [3.05, 3.63) is 96.1 Å². The van der Waals surface area contributed by atoms with Crippen molar-refractivity contribution in [3.63, 3.8) is 0 Å². The monoisotopic (exact) mass is 764 g/mol. The molecule has 1 aliphatic heterocycles. The summed E-state index contributed by atoms with van der Waals surface area (Å²) in [5.41, 5.74) is 3.71. The van der Waals surface area contributed by atoms with E-state index in [0.29, 0.717) is 43.9 Å². The maximum Gasteiger partial charge on any atom is 0.239 e. The van der Waals surface area contributed by atoms with Gasteiger partial charge in [0.1, 0.15) is 24.7 Å². The molecule has 6 atom stereocenters. The van der Waals surface area contributed by atoms with Gasteiger partial charge in [0.15, 0.2) is 0 Å². The lowest BCUT2D eigenvalue weighted by Crippen LogP contribution is -2.70. The largest absolute Gasteiger partial charge is 0.508 e. The molecule has 7 rings (SSSR count). The number of aliphatic hydroxyl groups is 2. The van der Waals surface area contributed by atoms with E-state index in [4.69, 9.17) is 19.5 Å². The van der Waals surface area contributed by atoms with Crippen LogP contribution in [0.5, 0.6) is 11.5 Å². The number of phenols is 1. The highest BCUT2D eigenvalue weighted by Gasteiger charge is 2.65. The van der Waals surface area contributed by atoms with E-state index < -0.39 is 17.7 Å². The SMILES string of the molecule is C=CCO[C@@]12Oc3ccc(O)cc3[C@H]3[C@H](CCCCO)[C@@H](CCCCO)C=C(C(=NOC)C[C@@H]1N(Cc1cccc4ccccc14)C(=O)CCC1CCCC1)[C@H]32. The first kappa shape index (κ1) is 40.0. The van der Waals surface area contributed by atoms with Gasteiger partial charge in [0, 0.05) is 44.1 Å². The Kier molecular flexibility index (Phi) is 13.1. The molecule has 1 amide bonds. The number of rotatable bonds is 18. The van der Waals surface area contributed by atoms with Gasteiger partial charge in [0.25, 0.3) is 0 Å². The number of aromatic hydroxyl groups is 1. The summed E-state index contributed by atoms with van der Waals surface area (Å²) in [6.07, 6.45) is 15.3. The Morgan fingerprint density at radius 2 is 1.77 bits per heavy atom. The molecule has 0 saturated heterocycles. The zero-order valence-electron chi connectivity index (χ0n) is 33.0. The average Bonchev–Trinajstić information content (AvgIpc) is 3.74. The number of amides is 1. The van der Waals surface area contributed by atoms with Gasteiger partial charge in [-0.15, -0.1) is 6.58 Å². The minimum Gasteiger partial charge on any atom is -0.508 e. The van der Waals surface area contributed by atoms with Crippen molar-refractivity contribution in [2.75, 3.05) is 26.9 Å². The Bertz CT molecular complexity index is 1880. The van der Waals surface area contributed by atoms with Crippen molar-refractivity contribution in [1.29, 1.82) is 0 Å². The molecule has 0 radical (unpaired) electrons. The van der Waals surface area contributed by atoms with Crippen LogP contribution in [0.25, 0.3) is 10.8 Å². The van der Waals surface area contributed by atoms with Crippen LogP contribution < -0.4 is 4.74 Å². The zero-order chi connectivity index (χ0) is 39.1. The number of carbonyl (C=O) groups is 1. The molecule has 9 nitrogen and oxygen atoms in total. The molecule has 56 heavy (non-hydrogen) atoms. The number of ether oxygens (including phenoxy) is 2. The first-order valence-electron chi connectivity index (χ1n) is 21.0. The number of fused-ring (bicyclic) bond motifs is 3. The third-order valence-corrected chi connectivity index (χ3v) is 13.0. The van der Waals surface area contributed by atoms with Gasteiger partial charge < -0.3 is 34.5 Å². The maximum absolute atomic E-state index is 15.1. The molecule has 0 spiro atoms. The Labute approximate surface area is 332 Å². The summed E-state index contributed by atoms with van der Waals surface area (Å²) in [5, 5.41) is 37.6. The molecule has 4 aliphatic rings. The van der Waals surface area contributed by atoms with E-state index in [2.05, 4.69) is 43.0 Å². The van der Waals surface area contributed by atoms with Gasteiger partial charge in [-0.05, 0) is 90.0 Å². The number of nitrogens with zero attached hydrogens (tertiary/aromatic N) is 2. The molecule has 3 aromatic carbocycles. The van der Waals surface area contributed by atoms with Crippen LogP contribution >= 0.6 is 0 Å². The van der Waals surface area contributed by atoms with Gasteiger partial charge in [-0.3, -0.25) is 4.79 Å². The number of benzene rings is 3. The van der Waals surface area contributed by atoms with Crippen molar-refractivity contribution in [1.82, 2.24) is 4.90 Å². The molecule has 0 bridgehead atoms. The standard InChI is InChI=1S/C47H60N2O7/c1-3-27-55-47-43(49(44(53)24-21-32-13-4-5-14-32)31-35-18-12-17-33-15-6-7-19-37(33)35)30-41(48-54-2)39-28-34(16-8-10-25-50)38(20-9-11-26-51)45(46(39)47)40-29-36(52)22-23-42(40)56-47/h3,6-7,12,15,17-19,22-23,28-29,32,34,38,43,45-46,50-52H,1,4-5,8-11,13-14,16,20-21,24-27,30-31H2,2H3/t34-,38+,43-,45+,46+,47+/m0/s1. The van der Waals surface area contributed by atoms with Gasteiger partial charge in [-0.1, -0.05) is 98.3 Å². The number of aliphatic hydroxyl groups excluding tert-OH is 2. The van der Waals surface area contributed by atoms with Crippen LogP contribution in [0.3, 0.4) is 0 Å². The summed E-state index contributed by atoms with van der Waals surface area (Å²) in [7, 11) is 1.57. The summed E-state index contributed by atoms with van der Waals surface area (Å²) >= 11 is 0. The smallest absolute Gasteiger partial charge is 0.239 e. The van der Waals surface area contributed by atoms with Gasteiger partial charge in [0.05, 0.1) is 18.2 Å². The minimum absolute atomic E-state index is 0.0643. The van der Waals surface area contributed by atoms with Crippen molar-refractivity contribution in [3.8, 4) is 11.5 Å². The third kappa shape index (κ3) is 8.13. The predicted molar refractivity (Wildman–Crippen MR) is 219 cm³/mol. The van der Waals surface area contributed by atoms with Crippen molar-refractivity contribution in [2.45, 2.75) is 108 Å². The lowest BCUT2D eigenvalue weighted by atomic mass is 9.55. The number of hydrogen-bond acceptors (Lipinski definition) is 8. The van der Waals surface area contributed by atoms with Crippen LogP contribution in [0.1, 0.15) is 101 Å². The van der Waals surface area contributed by atoms with Crippen LogP contribution in [0.2, 0.25) is 0 Å². The van der Waals surface area contributed by atoms with E-state index in [1.807, 2.05) is 29.2 Å². The summed E-state index contributed by atoms with van der Waals surface area (Å²) < 4.78 is 14.4. The maximum atomic E-state index is 15.1. The van der Waals surface area contributed by atoms with Gasteiger partial charge in [-0.2, -0.15) is 0 Å². The predicted octanol–water partition coefficient (Wildman–Crippen LogP) is 8.81. The quantitative estimate of drug-likeness (QED) is 0.0673. The molecule has 1 heterocycles. The lowest BCUT2D eigenvalue weighted by Gasteiger charge is -2.60. The van der Waals surface area contributed by atoms with E-state index in [-0.39, 0.29) is 49.2 Å². The Balaban J connectivity index is 1.42. The molecule has 3 aliphatic carbocycles. The van der Waals surface area contributed by atoms with E-state index in [1.165, 1.54) is 25.7 Å². The van der Waals surface area contributed by atoms with Crippen molar-refractivity contribution in [2.24, 2.45) is 28.8 Å².